The van der Waals surface area contributed by atoms with Crippen LogP contribution >= 0.6 is 0 Å². The van der Waals surface area contributed by atoms with E-state index >= 15 is 0 Å². The molecule has 1 amide bonds. The molecular formula is C23H27F2N5O. The van der Waals surface area contributed by atoms with E-state index in [-0.39, 0.29) is 17.5 Å². The monoisotopic (exact) mass is 427 g/mol. The van der Waals surface area contributed by atoms with Crippen molar-refractivity contribution < 1.29 is 13.6 Å². The lowest BCUT2D eigenvalue weighted by Crippen LogP contribution is -2.41. The maximum Gasteiger partial charge on any atom is 0.270 e. The van der Waals surface area contributed by atoms with Gasteiger partial charge in [-0.2, -0.15) is 0 Å². The van der Waals surface area contributed by atoms with Gasteiger partial charge in [-0.05, 0) is 55.9 Å². The Balaban J connectivity index is 1.40. The first-order chi connectivity index (χ1) is 14.9. The zero-order valence-electron chi connectivity index (χ0n) is 18.1. The summed E-state index contributed by atoms with van der Waals surface area (Å²) in [7, 11) is 1.84. The van der Waals surface area contributed by atoms with Crippen LogP contribution in [0.1, 0.15) is 41.5 Å². The molecular weight excluding hydrogens is 400 g/mol. The van der Waals surface area contributed by atoms with Gasteiger partial charge < -0.3 is 14.8 Å². The van der Waals surface area contributed by atoms with Gasteiger partial charge in [0.15, 0.2) is 11.6 Å². The third-order valence-electron chi connectivity index (χ3n) is 6.21. The molecule has 164 valence electrons. The first-order valence-electron chi connectivity index (χ1n) is 10.7. The van der Waals surface area contributed by atoms with Crippen LogP contribution in [0.4, 0.5) is 14.6 Å². The third-order valence-corrected chi connectivity index (χ3v) is 6.21. The summed E-state index contributed by atoms with van der Waals surface area (Å²) in [6.07, 6.45) is 3.59. The predicted octanol–water partition coefficient (Wildman–Crippen LogP) is 4.10. The van der Waals surface area contributed by atoms with Crippen molar-refractivity contribution in [3.8, 4) is 0 Å². The average Bonchev–Trinajstić information content (AvgIpc) is 3.09. The highest BCUT2D eigenvalue weighted by molar-refractivity contribution is 6.00. The normalized spacial score (nSPS) is 14.9. The zero-order valence-corrected chi connectivity index (χ0v) is 18.1. The largest absolute Gasteiger partial charge is 0.357 e. The number of carbonyl (C=O) groups excluding carboxylic acids is 1. The minimum absolute atomic E-state index is 0.0599. The number of halogens is 2. The third kappa shape index (κ3) is 4.11. The van der Waals surface area contributed by atoms with Gasteiger partial charge in [-0.25, -0.2) is 18.7 Å². The van der Waals surface area contributed by atoms with Crippen molar-refractivity contribution in [2.45, 2.75) is 33.1 Å². The molecule has 3 aromatic rings. The van der Waals surface area contributed by atoms with E-state index in [0.717, 1.165) is 29.3 Å². The van der Waals surface area contributed by atoms with Crippen molar-refractivity contribution in [3.05, 3.63) is 53.1 Å². The second-order valence-corrected chi connectivity index (χ2v) is 8.24. The number of piperidine rings is 1. The number of amides is 1. The summed E-state index contributed by atoms with van der Waals surface area (Å²) >= 11 is 0. The number of benzene rings is 1. The quantitative estimate of drug-likeness (QED) is 0.666. The molecule has 0 unspecified atom stereocenters. The summed E-state index contributed by atoms with van der Waals surface area (Å²) in [6.45, 7) is 5.64. The Morgan fingerprint density at radius 1 is 1.26 bits per heavy atom. The molecule has 1 aromatic carbocycles. The lowest BCUT2D eigenvalue weighted by atomic mass is 9.96. The summed E-state index contributed by atoms with van der Waals surface area (Å²) in [6, 6.07) is 4.50. The van der Waals surface area contributed by atoms with Crippen LogP contribution in [0.2, 0.25) is 0 Å². The molecule has 0 spiro atoms. The van der Waals surface area contributed by atoms with Gasteiger partial charge >= 0.3 is 0 Å². The first-order valence-corrected chi connectivity index (χ1v) is 10.7. The van der Waals surface area contributed by atoms with Crippen molar-refractivity contribution in [3.63, 3.8) is 0 Å². The van der Waals surface area contributed by atoms with Gasteiger partial charge in [0.1, 0.15) is 17.8 Å². The van der Waals surface area contributed by atoms with Crippen LogP contribution in [0.5, 0.6) is 0 Å². The van der Waals surface area contributed by atoms with E-state index in [4.69, 9.17) is 0 Å². The van der Waals surface area contributed by atoms with Crippen LogP contribution in [0.3, 0.4) is 0 Å². The van der Waals surface area contributed by atoms with Crippen LogP contribution in [-0.2, 0) is 6.42 Å². The van der Waals surface area contributed by atoms with Crippen LogP contribution in [0.25, 0.3) is 10.9 Å². The molecule has 1 fully saturated rings. The smallest absolute Gasteiger partial charge is 0.270 e. The second kappa shape index (κ2) is 8.61. The molecule has 4 rings (SSSR count). The Hall–Kier alpha value is -3.03. The van der Waals surface area contributed by atoms with Crippen LogP contribution in [0.15, 0.2) is 24.5 Å². The van der Waals surface area contributed by atoms with E-state index < -0.39 is 0 Å². The zero-order chi connectivity index (χ0) is 22.1. The number of hydrogen-bond donors (Lipinski definition) is 1. The molecule has 0 radical (unpaired) electrons. The SMILES string of the molecule is CCc1ncnc(N(C)CC2CCN(C(=O)c3[nH]c4ccc(F)cc4c3C)CC2)c1F. The van der Waals surface area contributed by atoms with Gasteiger partial charge in [0.05, 0.1) is 5.69 Å². The van der Waals surface area contributed by atoms with Crippen LogP contribution in [0, 0.1) is 24.5 Å². The predicted molar refractivity (Wildman–Crippen MR) is 116 cm³/mol. The fourth-order valence-corrected chi connectivity index (χ4v) is 4.37. The van der Waals surface area contributed by atoms with E-state index in [1.54, 1.807) is 6.07 Å². The fraction of sp³-hybridized carbons (Fsp3) is 0.435. The van der Waals surface area contributed by atoms with E-state index in [9.17, 15) is 13.6 Å². The molecule has 1 N–H and O–H groups in total. The Morgan fingerprint density at radius 3 is 2.71 bits per heavy atom. The number of hydrogen-bond acceptors (Lipinski definition) is 4. The minimum Gasteiger partial charge on any atom is -0.357 e. The number of carbonyl (C=O) groups is 1. The molecule has 8 heteroatoms. The summed E-state index contributed by atoms with van der Waals surface area (Å²) in [5.74, 6) is -0.0661. The molecule has 31 heavy (non-hydrogen) atoms. The maximum atomic E-state index is 14.5. The number of anilines is 1. The van der Waals surface area contributed by atoms with Gasteiger partial charge in [0.2, 0.25) is 0 Å². The lowest BCUT2D eigenvalue weighted by molar-refractivity contribution is 0.0687. The molecule has 6 nitrogen and oxygen atoms in total. The molecule has 1 aliphatic rings. The highest BCUT2D eigenvalue weighted by Crippen LogP contribution is 2.27. The number of H-pyrrole nitrogens is 1. The number of nitrogens with zero attached hydrogens (tertiary/aromatic N) is 4. The van der Waals surface area contributed by atoms with E-state index in [1.165, 1.54) is 18.5 Å². The van der Waals surface area contributed by atoms with Crippen LogP contribution in [-0.4, -0.2) is 52.4 Å². The van der Waals surface area contributed by atoms with Gasteiger partial charge in [-0.3, -0.25) is 4.79 Å². The molecule has 0 saturated carbocycles. The van der Waals surface area contributed by atoms with Gasteiger partial charge in [-0.15, -0.1) is 0 Å². The number of rotatable bonds is 5. The number of aryl methyl sites for hydroxylation is 2. The lowest BCUT2D eigenvalue weighted by Gasteiger charge is -2.34. The summed E-state index contributed by atoms with van der Waals surface area (Å²) < 4.78 is 28.1. The molecule has 3 heterocycles. The van der Waals surface area contributed by atoms with Crippen molar-refractivity contribution >= 4 is 22.6 Å². The second-order valence-electron chi connectivity index (χ2n) is 8.24. The molecule has 2 aromatic heterocycles. The highest BCUT2D eigenvalue weighted by Gasteiger charge is 2.27. The van der Waals surface area contributed by atoms with E-state index in [0.29, 0.717) is 49.2 Å². The molecule has 0 bridgehead atoms. The summed E-state index contributed by atoms with van der Waals surface area (Å²) in [4.78, 5) is 28.0. The molecule has 0 atom stereocenters. The van der Waals surface area contributed by atoms with Crippen molar-refractivity contribution in [2.75, 3.05) is 31.6 Å². The number of likely N-dealkylation sites (tertiary alicyclic amines) is 1. The topological polar surface area (TPSA) is 65.1 Å². The Kier molecular flexibility index (Phi) is 5.89. The van der Waals surface area contributed by atoms with Crippen LogP contribution < -0.4 is 4.90 Å². The Morgan fingerprint density at radius 2 is 2.00 bits per heavy atom. The van der Waals surface area contributed by atoms with Crippen molar-refractivity contribution in [1.82, 2.24) is 19.9 Å². The number of aromatic amines is 1. The van der Waals surface area contributed by atoms with Gasteiger partial charge in [-0.1, -0.05) is 6.92 Å². The van der Waals surface area contributed by atoms with Crippen molar-refractivity contribution in [1.29, 1.82) is 0 Å². The highest BCUT2D eigenvalue weighted by atomic mass is 19.1. The van der Waals surface area contributed by atoms with Gasteiger partial charge in [0, 0.05) is 37.6 Å². The standard InChI is InChI=1S/C23H27F2N5O/c1-4-18-20(25)22(27-13-26-18)29(3)12-15-7-9-30(10-8-15)23(31)21-14(2)17-11-16(24)5-6-19(17)28-21/h5-6,11,13,15,28H,4,7-10,12H2,1-3H3. The summed E-state index contributed by atoms with van der Waals surface area (Å²) in [5.41, 5.74) is 2.47. The maximum absolute atomic E-state index is 14.5. The number of nitrogens with one attached hydrogen (secondary N) is 1. The molecule has 1 saturated heterocycles. The fourth-order valence-electron chi connectivity index (χ4n) is 4.37. The number of aromatic nitrogens is 3. The van der Waals surface area contributed by atoms with E-state index in [1.807, 2.05) is 30.7 Å². The Labute approximate surface area is 180 Å². The Bertz CT molecular complexity index is 1100. The van der Waals surface area contributed by atoms with E-state index in [2.05, 4.69) is 15.0 Å². The molecule has 0 aliphatic carbocycles. The van der Waals surface area contributed by atoms with Gasteiger partial charge in [0.25, 0.3) is 5.91 Å². The first kappa shape index (κ1) is 21.2. The molecule has 1 aliphatic heterocycles. The minimum atomic E-state index is -0.356. The van der Waals surface area contributed by atoms with Crippen molar-refractivity contribution in [2.24, 2.45) is 5.92 Å². The average molecular weight is 427 g/mol. The summed E-state index contributed by atoms with van der Waals surface area (Å²) in [5, 5.41) is 0.734. The number of fused-ring (bicyclic) bond motifs is 1.